The number of amides is 1. The molecule has 0 bridgehead atoms. The van der Waals surface area contributed by atoms with Crippen LogP contribution in [0.1, 0.15) is 0 Å². The molecular formula is C9H6N2OS3. The maximum absolute atomic E-state index is 11.2. The monoisotopic (exact) mass is 254 g/mol. The second-order valence-electron chi connectivity index (χ2n) is 2.64. The first-order chi connectivity index (χ1) is 7.27. The molecule has 0 radical (unpaired) electrons. The van der Waals surface area contributed by atoms with Gasteiger partial charge in [0.1, 0.15) is 9.93 Å². The molecule has 1 aliphatic heterocycles. The third kappa shape index (κ3) is 2.64. The molecule has 0 saturated heterocycles. The van der Waals surface area contributed by atoms with E-state index in [2.05, 4.69) is 22.9 Å². The molecule has 0 N–H and O–H groups in total. The van der Waals surface area contributed by atoms with Crippen LogP contribution in [0.25, 0.3) is 0 Å². The molecule has 0 unspecified atom stereocenters. The van der Waals surface area contributed by atoms with Gasteiger partial charge in [-0.05, 0) is 22.9 Å². The number of azo groups is 1. The first-order valence-corrected chi connectivity index (χ1v) is 6.66. The van der Waals surface area contributed by atoms with Gasteiger partial charge in [-0.2, -0.15) is 0 Å². The molecule has 3 nitrogen and oxygen atoms in total. The van der Waals surface area contributed by atoms with Crippen LogP contribution < -0.4 is 0 Å². The van der Waals surface area contributed by atoms with Crippen LogP contribution in [0.15, 0.2) is 55.4 Å². The Morgan fingerprint density at radius 2 is 1.80 bits per heavy atom. The van der Waals surface area contributed by atoms with Gasteiger partial charge in [0.05, 0.1) is 0 Å². The smallest absolute Gasteiger partial charge is 0.264 e. The van der Waals surface area contributed by atoms with Crippen molar-refractivity contribution in [1.29, 1.82) is 0 Å². The van der Waals surface area contributed by atoms with E-state index < -0.39 is 0 Å². The molecule has 1 aliphatic rings. The topological polar surface area (TPSA) is 41.8 Å². The molecule has 0 saturated carbocycles. The van der Waals surface area contributed by atoms with Crippen molar-refractivity contribution in [3.63, 3.8) is 0 Å². The third-order valence-electron chi connectivity index (χ3n) is 1.60. The second kappa shape index (κ2) is 4.87. The van der Waals surface area contributed by atoms with Gasteiger partial charge in [0, 0.05) is 4.90 Å². The summed E-state index contributed by atoms with van der Waals surface area (Å²) in [4.78, 5) is 12.8. The Hall–Kier alpha value is -0.720. The minimum Gasteiger partial charge on any atom is -0.264 e. The van der Waals surface area contributed by atoms with Gasteiger partial charge in [0.25, 0.3) is 0 Å². The van der Waals surface area contributed by atoms with Gasteiger partial charge in [0.2, 0.25) is 0 Å². The SMILES string of the molecule is O=C1N=NC(S)=C1SSc1ccccc1. The van der Waals surface area contributed by atoms with Crippen molar-refractivity contribution < 1.29 is 4.79 Å². The quantitative estimate of drug-likeness (QED) is 0.663. The van der Waals surface area contributed by atoms with E-state index in [1.165, 1.54) is 21.6 Å². The van der Waals surface area contributed by atoms with Crippen molar-refractivity contribution in [1.82, 2.24) is 0 Å². The molecule has 0 aromatic heterocycles. The Balaban J connectivity index is 2.01. The van der Waals surface area contributed by atoms with E-state index in [9.17, 15) is 4.79 Å². The van der Waals surface area contributed by atoms with Crippen LogP contribution in [-0.2, 0) is 4.79 Å². The standard InChI is InChI=1S/C9H6N2OS3/c12-8-7(9(13)11-10-8)15-14-6-4-2-1-3-5-6/h1-5,13H. The molecule has 0 atom stereocenters. The van der Waals surface area contributed by atoms with Crippen LogP contribution in [0, 0.1) is 0 Å². The molecule has 1 amide bonds. The fraction of sp³-hybridized carbons (Fsp3) is 0. The molecule has 1 aromatic carbocycles. The van der Waals surface area contributed by atoms with Crippen molar-refractivity contribution in [3.8, 4) is 0 Å². The number of nitrogens with zero attached hydrogens (tertiary/aromatic N) is 2. The number of carbonyl (C=O) groups is 1. The zero-order valence-electron chi connectivity index (χ0n) is 7.45. The van der Waals surface area contributed by atoms with Gasteiger partial charge in [0.15, 0.2) is 0 Å². The lowest BCUT2D eigenvalue weighted by Crippen LogP contribution is -1.88. The lowest BCUT2D eigenvalue weighted by atomic mass is 10.4. The summed E-state index contributed by atoms with van der Waals surface area (Å²) in [5, 5.41) is 7.40. The van der Waals surface area contributed by atoms with Crippen LogP contribution in [0.5, 0.6) is 0 Å². The van der Waals surface area contributed by atoms with E-state index in [1.807, 2.05) is 30.3 Å². The minimum absolute atomic E-state index is 0.312. The van der Waals surface area contributed by atoms with E-state index in [0.717, 1.165) is 4.90 Å². The molecule has 15 heavy (non-hydrogen) atoms. The van der Waals surface area contributed by atoms with E-state index in [1.54, 1.807) is 0 Å². The first kappa shape index (κ1) is 10.8. The molecule has 76 valence electrons. The molecule has 6 heteroatoms. The number of hydrogen-bond acceptors (Lipinski definition) is 5. The number of thiol groups is 1. The molecule has 0 aliphatic carbocycles. The molecule has 2 rings (SSSR count). The van der Waals surface area contributed by atoms with Crippen molar-refractivity contribution in [2.24, 2.45) is 10.2 Å². The average molecular weight is 254 g/mol. The Morgan fingerprint density at radius 3 is 2.40 bits per heavy atom. The van der Waals surface area contributed by atoms with Gasteiger partial charge in [-0.25, -0.2) is 0 Å². The minimum atomic E-state index is -0.312. The first-order valence-electron chi connectivity index (χ1n) is 4.06. The Kier molecular flexibility index (Phi) is 3.50. The zero-order chi connectivity index (χ0) is 10.7. The molecule has 0 fully saturated rings. The maximum Gasteiger partial charge on any atom is 0.305 e. The Bertz CT molecular complexity index is 442. The number of rotatable bonds is 3. The number of carbonyl (C=O) groups excluding carboxylic acids is 1. The van der Waals surface area contributed by atoms with E-state index >= 15 is 0 Å². The van der Waals surface area contributed by atoms with Crippen LogP contribution >= 0.6 is 34.2 Å². The predicted octanol–water partition coefficient (Wildman–Crippen LogP) is 3.52. The van der Waals surface area contributed by atoms with Crippen LogP contribution in [0.4, 0.5) is 0 Å². The van der Waals surface area contributed by atoms with Gasteiger partial charge >= 0.3 is 5.91 Å². The number of benzene rings is 1. The van der Waals surface area contributed by atoms with Gasteiger partial charge in [-0.15, -0.1) is 22.9 Å². The maximum atomic E-state index is 11.2. The summed E-state index contributed by atoms with van der Waals surface area (Å²) in [6.07, 6.45) is 0. The fourth-order valence-electron chi connectivity index (χ4n) is 0.918. The third-order valence-corrected chi connectivity index (χ3v) is 4.47. The predicted molar refractivity (Wildman–Crippen MR) is 65.8 cm³/mol. The highest BCUT2D eigenvalue weighted by Crippen LogP contribution is 2.41. The summed E-state index contributed by atoms with van der Waals surface area (Å²) in [5.41, 5.74) is 0. The lowest BCUT2D eigenvalue weighted by Gasteiger charge is -1.99. The molecular weight excluding hydrogens is 248 g/mol. The Labute approximate surface area is 100 Å². The van der Waals surface area contributed by atoms with Crippen LogP contribution in [0.3, 0.4) is 0 Å². The summed E-state index contributed by atoms with van der Waals surface area (Å²) >= 11 is 4.06. The van der Waals surface area contributed by atoms with Gasteiger partial charge < -0.3 is 0 Å². The molecule has 1 aromatic rings. The normalized spacial score (nSPS) is 15.1. The average Bonchev–Trinajstić information content (AvgIpc) is 2.58. The van der Waals surface area contributed by atoms with Gasteiger partial charge in [-0.1, -0.05) is 29.0 Å². The van der Waals surface area contributed by atoms with Crippen molar-refractivity contribution >= 4 is 40.1 Å². The summed E-state index contributed by atoms with van der Waals surface area (Å²) in [7, 11) is 2.83. The number of hydrogen-bond donors (Lipinski definition) is 1. The largest absolute Gasteiger partial charge is 0.305 e. The van der Waals surface area contributed by atoms with Crippen molar-refractivity contribution in [2.45, 2.75) is 4.90 Å². The highest BCUT2D eigenvalue weighted by atomic mass is 33.1. The summed E-state index contributed by atoms with van der Waals surface area (Å²) < 4.78 is 0. The Morgan fingerprint density at radius 1 is 1.07 bits per heavy atom. The second-order valence-corrected chi connectivity index (χ2v) is 5.27. The van der Waals surface area contributed by atoms with E-state index in [0.29, 0.717) is 9.93 Å². The van der Waals surface area contributed by atoms with E-state index in [4.69, 9.17) is 0 Å². The summed E-state index contributed by atoms with van der Waals surface area (Å²) in [5.74, 6) is -0.312. The highest BCUT2D eigenvalue weighted by molar-refractivity contribution is 8.78. The van der Waals surface area contributed by atoms with Crippen LogP contribution in [0.2, 0.25) is 0 Å². The summed E-state index contributed by atoms with van der Waals surface area (Å²) in [6, 6.07) is 9.80. The molecule has 1 heterocycles. The summed E-state index contributed by atoms with van der Waals surface area (Å²) in [6.45, 7) is 0. The fourth-order valence-corrected chi connectivity index (χ4v) is 3.38. The van der Waals surface area contributed by atoms with Crippen molar-refractivity contribution in [2.75, 3.05) is 0 Å². The van der Waals surface area contributed by atoms with E-state index in [-0.39, 0.29) is 5.91 Å². The van der Waals surface area contributed by atoms with Gasteiger partial charge in [-0.3, -0.25) is 4.79 Å². The highest BCUT2D eigenvalue weighted by Gasteiger charge is 2.20. The van der Waals surface area contributed by atoms with Crippen LogP contribution in [-0.4, -0.2) is 5.91 Å². The molecule has 0 spiro atoms. The zero-order valence-corrected chi connectivity index (χ0v) is 9.98. The lowest BCUT2D eigenvalue weighted by molar-refractivity contribution is -0.113. The van der Waals surface area contributed by atoms with Crippen molar-refractivity contribution in [3.05, 3.63) is 40.3 Å².